The van der Waals surface area contributed by atoms with Crippen molar-refractivity contribution >= 4 is 17.3 Å². The first-order valence-corrected chi connectivity index (χ1v) is 6.43. The fourth-order valence-electron chi connectivity index (χ4n) is 2.12. The van der Waals surface area contributed by atoms with Crippen LogP contribution in [0.2, 0.25) is 5.15 Å². The predicted molar refractivity (Wildman–Crippen MR) is 71.9 cm³/mol. The van der Waals surface area contributed by atoms with Crippen molar-refractivity contribution < 1.29 is 4.92 Å². The highest BCUT2D eigenvalue weighted by Gasteiger charge is 2.32. The second-order valence-corrected chi connectivity index (χ2v) is 4.95. The van der Waals surface area contributed by atoms with E-state index in [1.54, 1.807) is 18.2 Å². The first-order valence-electron chi connectivity index (χ1n) is 6.05. The summed E-state index contributed by atoms with van der Waals surface area (Å²) in [5, 5.41) is 24.7. The van der Waals surface area contributed by atoms with Gasteiger partial charge in [-0.3, -0.25) is 10.1 Å². The van der Waals surface area contributed by atoms with Crippen LogP contribution in [0.4, 0.5) is 5.69 Å². The lowest BCUT2D eigenvalue weighted by Crippen LogP contribution is -2.02. The summed E-state index contributed by atoms with van der Waals surface area (Å²) in [6.45, 7) is 0. The second kappa shape index (κ2) is 4.62. The van der Waals surface area contributed by atoms with Crippen molar-refractivity contribution in [1.82, 2.24) is 9.78 Å². The molecule has 2 aromatic rings. The molecule has 20 heavy (non-hydrogen) atoms. The van der Waals surface area contributed by atoms with Crippen LogP contribution in [-0.4, -0.2) is 14.7 Å². The fraction of sp³-hybridized carbons (Fsp3) is 0.231. The zero-order chi connectivity index (χ0) is 14.3. The van der Waals surface area contributed by atoms with Crippen LogP contribution in [0.5, 0.6) is 0 Å². The minimum atomic E-state index is -0.490. The molecule has 1 saturated carbocycles. The second-order valence-electron chi connectivity index (χ2n) is 4.59. The molecule has 1 aromatic heterocycles. The molecule has 100 valence electrons. The van der Waals surface area contributed by atoms with Crippen molar-refractivity contribution in [3.63, 3.8) is 0 Å². The maximum atomic E-state index is 11.1. The lowest BCUT2D eigenvalue weighted by atomic mass is 10.2. The van der Waals surface area contributed by atoms with E-state index in [9.17, 15) is 15.4 Å². The number of nitrogens with zero attached hydrogens (tertiary/aromatic N) is 4. The first-order chi connectivity index (χ1) is 9.63. The molecule has 1 aliphatic carbocycles. The molecule has 0 spiro atoms. The highest BCUT2D eigenvalue weighted by atomic mass is 35.5. The molecule has 0 aliphatic heterocycles. The van der Waals surface area contributed by atoms with Gasteiger partial charge in [0.05, 0.1) is 10.6 Å². The summed E-state index contributed by atoms with van der Waals surface area (Å²) in [7, 11) is 0. The first kappa shape index (κ1) is 12.6. The van der Waals surface area contributed by atoms with E-state index in [0.29, 0.717) is 11.3 Å². The molecule has 0 bridgehead atoms. The maximum absolute atomic E-state index is 11.1. The summed E-state index contributed by atoms with van der Waals surface area (Å²) < 4.78 is 1.28. The molecule has 7 heteroatoms. The number of nitro benzene ring substituents is 1. The third-order valence-electron chi connectivity index (χ3n) is 3.24. The van der Waals surface area contributed by atoms with E-state index in [1.165, 1.54) is 10.7 Å². The number of hydrogen-bond donors (Lipinski definition) is 0. The van der Waals surface area contributed by atoms with Crippen molar-refractivity contribution in [2.45, 2.75) is 18.8 Å². The van der Waals surface area contributed by atoms with Gasteiger partial charge < -0.3 is 0 Å². The molecule has 6 nitrogen and oxygen atoms in total. The summed E-state index contributed by atoms with van der Waals surface area (Å²) in [6, 6.07) is 8.23. The minimum Gasteiger partial charge on any atom is -0.258 e. The van der Waals surface area contributed by atoms with Crippen molar-refractivity contribution in [2.75, 3.05) is 0 Å². The molecule has 0 amide bonds. The zero-order valence-corrected chi connectivity index (χ0v) is 11.0. The van der Waals surface area contributed by atoms with E-state index < -0.39 is 4.92 Å². The Balaban J connectivity index is 2.21. The van der Waals surface area contributed by atoms with E-state index in [4.69, 9.17) is 11.6 Å². The molecular weight excluding hydrogens is 280 g/mol. The van der Waals surface area contributed by atoms with E-state index in [1.807, 2.05) is 6.07 Å². The summed E-state index contributed by atoms with van der Waals surface area (Å²) in [4.78, 5) is 10.6. The molecular formula is C13H9ClN4O2. The van der Waals surface area contributed by atoms with Gasteiger partial charge in [-0.05, 0) is 18.9 Å². The number of rotatable bonds is 3. The Morgan fingerprint density at radius 3 is 2.75 bits per heavy atom. The maximum Gasteiger partial charge on any atom is 0.294 e. The van der Waals surface area contributed by atoms with Crippen LogP contribution in [0.3, 0.4) is 0 Å². The van der Waals surface area contributed by atoms with Crippen LogP contribution >= 0.6 is 11.6 Å². The summed E-state index contributed by atoms with van der Waals surface area (Å²) in [5.41, 5.74) is 1.12. The zero-order valence-electron chi connectivity index (χ0n) is 10.3. The van der Waals surface area contributed by atoms with E-state index in [-0.39, 0.29) is 22.4 Å². The van der Waals surface area contributed by atoms with Gasteiger partial charge in [-0.2, -0.15) is 10.4 Å². The number of benzene rings is 1. The third-order valence-corrected chi connectivity index (χ3v) is 3.59. The normalized spacial score (nSPS) is 14.0. The molecule has 1 aliphatic rings. The lowest BCUT2D eigenvalue weighted by molar-refractivity contribution is -0.384. The van der Waals surface area contributed by atoms with Crippen molar-refractivity contribution in [1.29, 1.82) is 5.26 Å². The predicted octanol–water partition coefficient (Wildman–Crippen LogP) is 3.18. The molecule has 1 aromatic carbocycles. The Morgan fingerprint density at radius 1 is 1.45 bits per heavy atom. The highest BCUT2D eigenvalue weighted by Crippen LogP contribution is 2.43. The van der Waals surface area contributed by atoms with Crippen LogP contribution < -0.4 is 0 Å². The van der Waals surface area contributed by atoms with Gasteiger partial charge in [0.15, 0.2) is 5.15 Å². The van der Waals surface area contributed by atoms with Gasteiger partial charge in [0, 0.05) is 12.0 Å². The molecule has 0 unspecified atom stereocenters. The fourth-order valence-corrected chi connectivity index (χ4v) is 2.38. The average molecular weight is 289 g/mol. The number of nitriles is 1. The lowest BCUT2D eigenvalue weighted by Gasteiger charge is -2.03. The Kier molecular flexibility index (Phi) is 2.92. The Bertz CT molecular complexity index is 743. The molecule has 3 rings (SSSR count). The van der Waals surface area contributed by atoms with Crippen LogP contribution in [0.25, 0.3) is 5.69 Å². The number of para-hydroxylation sites is 2. The average Bonchev–Trinajstić information content (AvgIpc) is 3.23. The van der Waals surface area contributed by atoms with E-state index in [2.05, 4.69) is 5.10 Å². The summed E-state index contributed by atoms with van der Waals surface area (Å²) >= 11 is 6.17. The molecule has 0 radical (unpaired) electrons. The monoisotopic (exact) mass is 288 g/mol. The molecule has 1 heterocycles. The minimum absolute atomic E-state index is 0.0938. The molecule has 0 N–H and O–H groups in total. The van der Waals surface area contributed by atoms with Crippen LogP contribution in [0.15, 0.2) is 24.3 Å². The van der Waals surface area contributed by atoms with Crippen molar-refractivity contribution in [3.8, 4) is 11.8 Å². The van der Waals surface area contributed by atoms with E-state index >= 15 is 0 Å². The quantitative estimate of drug-likeness (QED) is 0.641. The number of halogens is 1. The summed E-state index contributed by atoms with van der Waals surface area (Å²) in [5.74, 6) is 0.242. The molecule has 0 atom stereocenters. The highest BCUT2D eigenvalue weighted by molar-refractivity contribution is 6.31. The van der Waals surface area contributed by atoms with Crippen molar-refractivity contribution in [2.24, 2.45) is 0 Å². The van der Waals surface area contributed by atoms with Gasteiger partial charge in [0.25, 0.3) is 5.69 Å². The van der Waals surface area contributed by atoms with Crippen LogP contribution in [-0.2, 0) is 0 Å². The summed E-state index contributed by atoms with van der Waals surface area (Å²) in [6.07, 6.45) is 1.94. The van der Waals surface area contributed by atoms with Gasteiger partial charge in [0.2, 0.25) is 0 Å². The Morgan fingerprint density at radius 2 is 2.15 bits per heavy atom. The standard InChI is InChI=1S/C13H9ClN4O2/c14-13-9(7-15)12(8-5-6-8)16-17(13)10-3-1-2-4-11(10)18(19)20/h1-4,8H,5-6H2. The SMILES string of the molecule is N#Cc1c(C2CC2)nn(-c2ccccc2[N+](=O)[O-])c1Cl. The van der Waals surface area contributed by atoms with Gasteiger partial charge in [-0.15, -0.1) is 0 Å². The largest absolute Gasteiger partial charge is 0.294 e. The molecule has 1 fully saturated rings. The number of nitro groups is 1. The Labute approximate surface area is 119 Å². The van der Waals surface area contributed by atoms with E-state index in [0.717, 1.165) is 12.8 Å². The van der Waals surface area contributed by atoms with Crippen LogP contribution in [0.1, 0.15) is 30.0 Å². The van der Waals surface area contributed by atoms with Gasteiger partial charge in [0.1, 0.15) is 17.3 Å². The Hall–Kier alpha value is -2.39. The van der Waals surface area contributed by atoms with Gasteiger partial charge >= 0.3 is 0 Å². The molecule has 0 saturated heterocycles. The third kappa shape index (κ3) is 1.92. The van der Waals surface area contributed by atoms with Gasteiger partial charge in [-0.25, -0.2) is 4.68 Å². The van der Waals surface area contributed by atoms with Crippen molar-refractivity contribution in [3.05, 3.63) is 50.8 Å². The number of aromatic nitrogens is 2. The smallest absolute Gasteiger partial charge is 0.258 e. The van der Waals surface area contributed by atoms with Crippen LogP contribution in [0, 0.1) is 21.4 Å². The van der Waals surface area contributed by atoms with Gasteiger partial charge in [-0.1, -0.05) is 23.7 Å². The number of hydrogen-bond acceptors (Lipinski definition) is 4. The topological polar surface area (TPSA) is 84.8 Å².